The molecule has 1 aromatic carbocycles. The molecule has 1 amide bonds. The minimum Gasteiger partial charge on any atom is -0.389 e. The van der Waals surface area contributed by atoms with Gasteiger partial charge in [0.15, 0.2) is 0 Å². The number of likely N-dealkylation sites (N-methyl/N-ethyl adjacent to an activating group) is 1. The van der Waals surface area contributed by atoms with Gasteiger partial charge in [-0.1, -0.05) is 23.2 Å². The highest BCUT2D eigenvalue weighted by Crippen LogP contribution is 2.30. The van der Waals surface area contributed by atoms with E-state index in [4.69, 9.17) is 23.2 Å². The number of rotatable bonds is 6. The Morgan fingerprint density at radius 2 is 2.05 bits per heavy atom. The fourth-order valence-electron chi connectivity index (χ4n) is 1.66. The molecule has 0 aliphatic rings. The Hall–Kier alpha value is -0.420. The van der Waals surface area contributed by atoms with Gasteiger partial charge < -0.3 is 10.0 Å². The summed E-state index contributed by atoms with van der Waals surface area (Å²) >= 11 is 13.3. The third-order valence-corrected chi connectivity index (χ3v) is 4.27. The van der Waals surface area contributed by atoms with Gasteiger partial charge in [0.05, 0.1) is 16.4 Å². The molecule has 0 bridgehead atoms. The number of hydrogen-bond acceptors (Lipinski definition) is 3. The average molecular weight is 336 g/mol. The molecule has 0 aliphatic carbocycles. The highest BCUT2D eigenvalue weighted by atomic mass is 35.5. The summed E-state index contributed by atoms with van der Waals surface area (Å²) in [4.78, 5) is 14.6. The van der Waals surface area contributed by atoms with Crippen molar-refractivity contribution in [2.24, 2.45) is 0 Å². The zero-order chi connectivity index (χ0) is 15.3. The lowest BCUT2D eigenvalue weighted by Gasteiger charge is -2.28. The van der Waals surface area contributed by atoms with Gasteiger partial charge >= 0.3 is 0 Å². The third kappa shape index (κ3) is 5.92. The number of hydrogen-bond donors (Lipinski definition) is 1. The first-order valence-electron chi connectivity index (χ1n) is 6.31. The summed E-state index contributed by atoms with van der Waals surface area (Å²) in [5, 5.41) is 11.0. The van der Waals surface area contributed by atoms with Crippen molar-refractivity contribution in [2.75, 3.05) is 18.8 Å². The second-order valence-corrected chi connectivity index (χ2v) is 6.94. The first-order valence-corrected chi connectivity index (χ1v) is 8.05. The summed E-state index contributed by atoms with van der Waals surface area (Å²) in [6.45, 7) is 6.13. The second-order valence-electron chi connectivity index (χ2n) is 5.08. The molecule has 0 radical (unpaired) electrons. The van der Waals surface area contributed by atoms with Crippen LogP contribution in [0.5, 0.6) is 0 Å². The largest absolute Gasteiger partial charge is 0.389 e. The van der Waals surface area contributed by atoms with Crippen LogP contribution in [0.3, 0.4) is 0 Å². The molecule has 0 aliphatic heterocycles. The van der Waals surface area contributed by atoms with Gasteiger partial charge in [0.2, 0.25) is 5.91 Å². The van der Waals surface area contributed by atoms with Crippen molar-refractivity contribution in [3.05, 3.63) is 28.2 Å². The third-order valence-electron chi connectivity index (χ3n) is 2.56. The monoisotopic (exact) mass is 335 g/mol. The topological polar surface area (TPSA) is 40.5 Å². The molecule has 0 aromatic heterocycles. The normalized spacial score (nSPS) is 11.5. The Balaban J connectivity index is 2.63. The number of benzene rings is 1. The van der Waals surface area contributed by atoms with Gasteiger partial charge in [0.25, 0.3) is 0 Å². The standard InChI is InChI=1S/C14H19Cl2NO2S/c1-4-17(9-14(2,3)19)13(18)8-20-12-7-10(15)5-6-11(12)16/h5-7,19H,4,8-9H2,1-3H3. The highest BCUT2D eigenvalue weighted by Gasteiger charge is 2.21. The molecule has 0 spiro atoms. The van der Waals surface area contributed by atoms with Crippen molar-refractivity contribution in [2.45, 2.75) is 31.3 Å². The van der Waals surface area contributed by atoms with E-state index < -0.39 is 5.60 Å². The van der Waals surface area contributed by atoms with Gasteiger partial charge in [-0.2, -0.15) is 0 Å². The lowest BCUT2D eigenvalue weighted by Crippen LogP contribution is -2.42. The van der Waals surface area contributed by atoms with Gasteiger partial charge in [-0.05, 0) is 39.0 Å². The molecule has 1 rings (SSSR count). The van der Waals surface area contributed by atoms with E-state index in [9.17, 15) is 9.90 Å². The lowest BCUT2D eigenvalue weighted by molar-refractivity contribution is -0.131. The number of amides is 1. The fourth-order valence-corrected chi connectivity index (χ4v) is 3.06. The second kappa shape index (κ2) is 7.55. The molecule has 20 heavy (non-hydrogen) atoms. The number of carbonyl (C=O) groups is 1. The summed E-state index contributed by atoms with van der Waals surface area (Å²) in [6.07, 6.45) is 0. The SMILES string of the molecule is CCN(CC(C)(C)O)C(=O)CSc1cc(Cl)ccc1Cl. The van der Waals surface area contributed by atoms with E-state index >= 15 is 0 Å². The first kappa shape index (κ1) is 17.6. The van der Waals surface area contributed by atoms with Crippen LogP contribution in [0.2, 0.25) is 10.0 Å². The van der Waals surface area contributed by atoms with Crippen LogP contribution >= 0.6 is 35.0 Å². The van der Waals surface area contributed by atoms with E-state index in [1.54, 1.807) is 36.9 Å². The van der Waals surface area contributed by atoms with Crippen molar-refractivity contribution in [3.63, 3.8) is 0 Å². The Bertz CT molecular complexity index is 475. The highest BCUT2D eigenvalue weighted by molar-refractivity contribution is 8.00. The van der Waals surface area contributed by atoms with Gasteiger partial charge in [0, 0.05) is 23.0 Å². The molecule has 112 valence electrons. The zero-order valence-corrected chi connectivity index (χ0v) is 14.1. The molecule has 1 aromatic rings. The van der Waals surface area contributed by atoms with Crippen molar-refractivity contribution >= 4 is 40.9 Å². The van der Waals surface area contributed by atoms with Crippen LogP contribution in [0.4, 0.5) is 0 Å². The molecule has 0 saturated heterocycles. The van der Waals surface area contributed by atoms with Gasteiger partial charge in [0.1, 0.15) is 0 Å². The minimum absolute atomic E-state index is 0.0318. The first-order chi connectivity index (χ1) is 9.23. The van der Waals surface area contributed by atoms with Crippen LogP contribution in [0.15, 0.2) is 23.1 Å². The van der Waals surface area contributed by atoms with E-state index in [0.717, 1.165) is 4.90 Å². The average Bonchev–Trinajstić information content (AvgIpc) is 2.35. The molecular formula is C14H19Cl2NO2S. The fraction of sp³-hybridized carbons (Fsp3) is 0.500. The quantitative estimate of drug-likeness (QED) is 0.805. The van der Waals surface area contributed by atoms with Crippen LogP contribution in [0.1, 0.15) is 20.8 Å². The Labute approximate surface area is 134 Å². The molecule has 0 unspecified atom stereocenters. The molecule has 1 N–H and O–H groups in total. The van der Waals surface area contributed by atoms with E-state index in [-0.39, 0.29) is 11.7 Å². The summed E-state index contributed by atoms with van der Waals surface area (Å²) < 4.78 is 0. The Morgan fingerprint density at radius 1 is 1.40 bits per heavy atom. The predicted molar refractivity (Wildman–Crippen MR) is 85.7 cm³/mol. The smallest absolute Gasteiger partial charge is 0.233 e. The molecule has 0 fully saturated rings. The molecular weight excluding hydrogens is 317 g/mol. The Kier molecular flexibility index (Phi) is 6.65. The van der Waals surface area contributed by atoms with Crippen LogP contribution in [-0.2, 0) is 4.79 Å². The maximum absolute atomic E-state index is 12.1. The number of carbonyl (C=O) groups excluding carboxylic acids is 1. The van der Waals surface area contributed by atoms with E-state index in [0.29, 0.717) is 23.1 Å². The summed E-state index contributed by atoms with van der Waals surface area (Å²) in [5.41, 5.74) is -0.899. The zero-order valence-electron chi connectivity index (χ0n) is 11.8. The van der Waals surface area contributed by atoms with Crippen molar-refractivity contribution in [1.82, 2.24) is 4.90 Å². The van der Waals surface area contributed by atoms with Crippen molar-refractivity contribution in [3.8, 4) is 0 Å². The summed E-state index contributed by atoms with van der Waals surface area (Å²) in [6, 6.07) is 5.17. The van der Waals surface area contributed by atoms with E-state index in [1.807, 2.05) is 6.92 Å². The maximum Gasteiger partial charge on any atom is 0.233 e. The molecule has 0 atom stereocenters. The molecule has 6 heteroatoms. The van der Waals surface area contributed by atoms with Crippen molar-refractivity contribution in [1.29, 1.82) is 0 Å². The molecule has 0 saturated carbocycles. The van der Waals surface area contributed by atoms with Crippen molar-refractivity contribution < 1.29 is 9.90 Å². The molecule has 3 nitrogen and oxygen atoms in total. The van der Waals surface area contributed by atoms with Crippen LogP contribution in [0.25, 0.3) is 0 Å². The van der Waals surface area contributed by atoms with Gasteiger partial charge in [-0.15, -0.1) is 11.8 Å². The Morgan fingerprint density at radius 3 is 2.60 bits per heavy atom. The maximum atomic E-state index is 12.1. The van der Waals surface area contributed by atoms with E-state index in [1.165, 1.54) is 11.8 Å². The van der Waals surface area contributed by atoms with E-state index in [2.05, 4.69) is 0 Å². The summed E-state index contributed by atoms with van der Waals surface area (Å²) in [7, 11) is 0. The predicted octanol–water partition coefficient (Wildman–Crippen LogP) is 3.70. The van der Waals surface area contributed by atoms with Crippen LogP contribution < -0.4 is 0 Å². The van der Waals surface area contributed by atoms with Crippen LogP contribution in [0, 0.1) is 0 Å². The van der Waals surface area contributed by atoms with Gasteiger partial charge in [-0.25, -0.2) is 0 Å². The molecule has 0 heterocycles. The number of nitrogens with zero attached hydrogens (tertiary/aromatic N) is 1. The minimum atomic E-state index is -0.899. The summed E-state index contributed by atoms with van der Waals surface area (Å²) in [5.74, 6) is 0.236. The number of halogens is 2. The van der Waals surface area contributed by atoms with Gasteiger partial charge in [-0.3, -0.25) is 4.79 Å². The van der Waals surface area contributed by atoms with Crippen LogP contribution in [-0.4, -0.2) is 40.4 Å². The lowest BCUT2D eigenvalue weighted by atomic mass is 10.1. The number of thioether (sulfide) groups is 1. The number of aliphatic hydroxyl groups is 1.